The van der Waals surface area contributed by atoms with E-state index in [1.807, 2.05) is 36.2 Å². The predicted molar refractivity (Wildman–Crippen MR) is 112 cm³/mol. The number of hydrazine groups is 1. The van der Waals surface area contributed by atoms with E-state index in [0.29, 0.717) is 35.2 Å². The Morgan fingerprint density at radius 1 is 1.14 bits per heavy atom. The van der Waals surface area contributed by atoms with Crippen LogP contribution in [-0.2, 0) is 6.54 Å². The van der Waals surface area contributed by atoms with E-state index in [1.165, 1.54) is 0 Å². The maximum atomic E-state index is 12.7. The Hall–Kier alpha value is -3.03. The van der Waals surface area contributed by atoms with Gasteiger partial charge in [0.15, 0.2) is 0 Å². The van der Waals surface area contributed by atoms with Gasteiger partial charge in [-0.25, -0.2) is 5.01 Å². The quantitative estimate of drug-likeness (QED) is 0.546. The van der Waals surface area contributed by atoms with Crippen molar-refractivity contribution in [3.63, 3.8) is 0 Å². The molecule has 0 aliphatic heterocycles. The van der Waals surface area contributed by atoms with E-state index in [0.717, 1.165) is 16.9 Å². The molecule has 8 heteroatoms. The van der Waals surface area contributed by atoms with Crippen molar-refractivity contribution in [1.82, 2.24) is 20.6 Å². The van der Waals surface area contributed by atoms with Crippen molar-refractivity contribution in [2.75, 3.05) is 20.8 Å². The summed E-state index contributed by atoms with van der Waals surface area (Å²) in [6, 6.07) is 14.7. The molecule has 0 aliphatic rings. The van der Waals surface area contributed by atoms with Crippen LogP contribution in [0.25, 0.3) is 11.3 Å². The van der Waals surface area contributed by atoms with Gasteiger partial charge in [-0.3, -0.25) is 15.3 Å². The van der Waals surface area contributed by atoms with Crippen LogP contribution in [0.4, 0.5) is 0 Å². The zero-order chi connectivity index (χ0) is 20.8. The van der Waals surface area contributed by atoms with Gasteiger partial charge < -0.3 is 9.47 Å². The molecule has 152 valence electrons. The molecule has 0 saturated carbocycles. The lowest BCUT2D eigenvalue weighted by atomic mass is 10.1. The van der Waals surface area contributed by atoms with E-state index in [2.05, 4.69) is 15.6 Å². The summed E-state index contributed by atoms with van der Waals surface area (Å²) in [6.45, 7) is 3.18. The van der Waals surface area contributed by atoms with Crippen molar-refractivity contribution in [2.24, 2.45) is 0 Å². The van der Waals surface area contributed by atoms with Gasteiger partial charge in [-0.1, -0.05) is 30.7 Å². The molecule has 0 spiro atoms. The first-order valence-corrected chi connectivity index (χ1v) is 9.50. The van der Waals surface area contributed by atoms with Crippen molar-refractivity contribution in [2.45, 2.75) is 13.5 Å². The molecule has 0 saturated heterocycles. The summed E-state index contributed by atoms with van der Waals surface area (Å²) in [5.74, 6) is 1.11. The Morgan fingerprint density at radius 2 is 1.90 bits per heavy atom. The smallest absolute Gasteiger partial charge is 0.283 e. The fourth-order valence-electron chi connectivity index (χ4n) is 2.84. The molecular formula is C21H23ClN4O3. The highest BCUT2D eigenvalue weighted by Crippen LogP contribution is 2.31. The number of hydrogen-bond acceptors (Lipinski definition) is 5. The van der Waals surface area contributed by atoms with E-state index in [1.54, 1.807) is 38.5 Å². The lowest BCUT2D eigenvalue weighted by Gasteiger charge is -2.21. The van der Waals surface area contributed by atoms with Gasteiger partial charge in [-0.2, -0.15) is 5.10 Å². The number of halogens is 1. The number of aromatic amines is 1. The Balaban J connectivity index is 1.70. The molecule has 1 aromatic heterocycles. The minimum absolute atomic E-state index is 0.271. The van der Waals surface area contributed by atoms with E-state index in [9.17, 15) is 4.79 Å². The Morgan fingerprint density at radius 3 is 2.55 bits per heavy atom. The summed E-state index contributed by atoms with van der Waals surface area (Å²) in [5.41, 5.74) is 5.66. The highest BCUT2D eigenvalue weighted by atomic mass is 35.5. The number of amides is 1. The maximum Gasteiger partial charge on any atom is 0.283 e. The average molecular weight is 415 g/mol. The number of H-pyrrole nitrogens is 1. The van der Waals surface area contributed by atoms with Crippen LogP contribution in [0.1, 0.15) is 23.0 Å². The maximum absolute atomic E-state index is 12.7. The number of nitrogens with one attached hydrogen (secondary N) is 2. The second-order valence-electron chi connectivity index (χ2n) is 6.31. The molecular weight excluding hydrogens is 392 g/mol. The van der Waals surface area contributed by atoms with E-state index in [-0.39, 0.29) is 5.91 Å². The molecule has 0 fully saturated rings. The van der Waals surface area contributed by atoms with Gasteiger partial charge in [0.1, 0.15) is 17.2 Å². The Kier molecular flexibility index (Phi) is 6.74. The standard InChI is InChI=1S/C21H23ClN4O3/c1-4-26(13-14-5-8-16(28-2)9-6-14)25-21(27)19-12-18(23-24-19)17-10-7-15(22)11-20(17)29-3/h5-12H,4,13H2,1-3H3,(H,23,24)(H,25,27). The summed E-state index contributed by atoms with van der Waals surface area (Å²) in [7, 11) is 3.19. The number of hydrogen-bond donors (Lipinski definition) is 2. The first-order valence-electron chi connectivity index (χ1n) is 9.12. The number of rotatable bonds is 8. The minimum Gasteiger partial charge on any atom is -0.497 e. The zero-order valence-electron chi connectivity index (χ0n) is 16.5. The highest BCUT2D eigenvalue weighted by Gasteiger charge is 2.16. The largest absolute Gasteiger partial charge is 0.497 e. The van der Waals surface area contributed by atoms with Crippen LogP contribution in [-0.4, -0.2) is 41.9 Å². The number of nitrogens with zero attached hydrogens (tertiary/aromatic N) is 2. The predicted octanol–water partition coefficient (Wildman–Crippen LogP) is 3.91. The third-order valence-corrected chi connectivity index (χ3v) is 4.67. The van der Waals surface area contributed by atoms with Crippen molar-refractivity contribution in [1.29, 1.82) is 0 Å². The molecule has 0 radical (unpaired) electrons. The van der Waals surface area contributed by atoms with Crippen molar-refractivity contribution in [3.8, 4) is 22.8 Å². The van der Waals surface area contributed by atoms with Crippen LogP contribution >= 0.6 is 11.6 Å². The SMILES string of the molecule is CCN(Cc1ccc(OC)cc1)NC(=O)c1cc(-c2ccc(Cl)cc2OC)n[nH]1. The van der Waals surface area contributed by atoms with Gasteiger partial charge in [0.05, 0.1) is 19.9 Å². The van der Waals surface area contributed by atoms with Crippen molar-refractivity contribution in [3.05, 3.63) is 64.8 Å². The third-order valence-electron chi connectivity index (χ3n) is 4.44. The molecule has 2 aromatic carbocycles. The molecule has 0 unspecified atom stereocenters. The molecule has 0 bridgehead atoms. The van der Waals surface area contributed by atoms with Crippen molar-refractivity contribution >= 4 is 17.5 Å². The number of carbonyl (C=O) groups excluding carboxylic acids is 1. The van der Waals surface area contributed by atoms with Gasteiger partial charge >= 0.3 is 0 Å². The molecule has 7 nitrogen and oxygen atoms in total. The molecule has 0 aliphatic carbocycles. The monoisotopic (exact) mass is 414 g/mol. The number of ether oxygens (including phenoxy) is 2. The van der Waals surface area contributed by atoms with Gasteiger partial charge in [-0.05, 0) is 42.0 Å². The molecule has 29 heavy (non-hydrogen) atoms. The summed E-state index contributed by atoms with van der Waals surface area (Å²) < 4.78 is 10.5. The molecule has 0 atom stereocenters. The molecule has 3 aromatic rings. The van der Waals surface area contributed by atoms with Crippen LogP contribution in [0, 0.1) is 0 Å². The first kappa shape index (κ1) is 20.7. The van der Waals surface area contributed by atoms with Crippen LogP contribution in [0.5, 0.6) is 11.5 Å². The van der Waals surface area contributed by atoms with E-state index in [4.69, 9.17) is 21.1 Å². The van der Waals surface area contributed by atoms with Gasteiger partial charge in [0.2, 0.25) is 0 Å². The second kappa shape index (κ2) is 9.45. The fraction of sp³-hybridized carbons (Fsp3) is 0.238. The summed E-state index contributed by atoms with van der Waals surface area (Å²) in [6.07, 6.45) is 0. The highest BCUT2D eigenvalue weighted by molar-refractivity contribution is 6.30. The van der Waals surface area contributed by atoms with Gasteiger partial charge in [-0.15, -0.1) is 0 Å². The summed E-state index contributed by atoms with van der Waals surface area (Å²) >= 11 is 6.01. The molecule has 1 heterocycles. The zero-order valence-corrected chi connectivity index (χ0v) is 17.3. The Labute approximate surface area is 174 Å². The van der Waals surface area contributed by atoms with Gasteiger partial charge in [0, 0.05) is 23.7 Å². The van der Waals surface area contributed by atoms with E-state index < -0.39 is 0 Å². The number of aromatic nitrogens is 2. The number of carbonyl (C=O) groups is 1. The molecule has 1 amide bonds. The second-order valence-corrected chi connectivity index (χ2v) is 6.75. The molecule has 3 rings (SSSR count). The lowest BCUT2D eigenvalue weighted by molar-refractivity contribution is 0.0779. The first-order chi connectivity index (χ1) is 14.0. The van der Waals surface area contributed by atoms with Crippen LogP contribution < -0.4 is 14.9 Å². The topological polar surface area (TPSA) is 79.5 Å². The molecule has 2 N–H and O–H groups in total. The van der Waals surface area contributed by atoms with E-state index >= 15 is 0 Å². The number of methoxy groups -OCH3 is 2. The van der Waals surface area contributed by atoms with Gasteiger partial charge in [0.25, 0.3) is 5.91 Å². The summed E-state index contributed by atoms with van der Waals surface area (Å²) in [5, 5.41) is 9.42. The minimum atomic E-state index is -0.271. The lowest BCUT2D eigenvalue weighted by Crippen LogP contribution is -2.41. The fourth-order valence-corrected chi connectivity index (χ4v) is 3.00. The summed E-state index contributed by atoms with van der Waals surface area (Å²) in [4.78, 5) is 12.7. The van der Waals surface area contributed by atoms with Crippen LogP contribution in [0.3, 0.4) is 0 Å². The third kappa shape index (κ3) is 5.07. The van der Waals surface area contributed by atoms with Crippen LogP contribution in [0.2, 0.25) is 5.02 Å². The average Bonchev–Trinajstić information content (AvgIpc) is 3.23. The number of benzene rings is 2. The normalized spacial score (nSPS) is 10.8. The van der Waals surface area contributed by atoms with Crippen LogP contribution in [0.15, 0.2) is 48.5 Å². The van der Waals surface area contributed by atoms with Crippen molar-refractivity contribution < 1.29 is 14.3 Å². The Bertz CT molecular complexity index is 972.